The molecule has 32 heavy (non-hydrogen) atoms. The molecular formula is C21H18F4N4O3. The summed E-state index contributed by atoms with van der Waals surface area (Å²) >= 11 is 0. The summed E-state index contributed by atoms with van der Waals surface area (Å²) in [4.78, 5) is 20.6. The van der Waals surface area contributed by atoms with E-state index in [9.17, 15) is 22.4 Å². The highest BCUT2D eigenvalue weighted by Gasteiger charge is 2.38. The maximum atomic E-state index is 13.5. The molecule has 0 radical (unpaired) electrons. The molecule has 0 bridgehead atoms. The van der Waals surface area contributed by atoms with E-state index in [2.05, 4.69) is 25.1 Å². The van der Waals surface area contributed by atoms with Crippen molar-refractivity contribution in [3.05, 3.63) is 71.4 Å². The van der Waals surface area contributed by atoms with Crippen molar-refractivity contribution in [3.8, 4) is 11.4 Å². The Balaban J connectivity index is 1.47. The van der Waals surface area contributed by atoms with Gasteiger partial charge in [-0.3, -0.25) is 4.79 Å². The van der Waals surface area contributed by atoms with Crippen LogP contribution in [0.4, 0.5) is 17.6 Å². The van der Waals surface area contributed by atoms with Gasteiger partial charge >= 0.3 is 12.1 Å². The smallest absolute Gasteiger partial charge is 0.391 e. The summed E-state index contributed by atoms with van der Waals surface area (Å²) < 4.78 is 55.3. The highest BCUT2D eigenvalue weighted by Crippen LogP contribution is 2.29. The number of nitrogens with one attached hydrogen (secondary N) is 1. The number of nitrogens with zero attached hydrogens (tertiary/aromatic N) is 3. The minimum atomic E-state index is -4.73. The third-order valence-corrected chi connectivity index (χ3v) is 4.23. The van der Waals surface area contributed by atoms with Gasteiger partial charge in [0.1, 0.15) is 12.4 Å². The molecule has 1 aromatic heterocycles. The minimum absolute atomic E-state index is 0.0144. The van der Waals surface area contributed by atoms with E-state index in [1.807, 2.05) is 0 Å². The first-order chi connectivity index (χ1) is 15.2. The number of hydrogen-bond acceptors (Lipinski definition) is 6. The zero-order valence-corrected chi connectivity index (χ0v) is 16.8. The SMILES string of the molecule is CC(/C=N/OCc1ccccc1F)CNC(=O)c1ccc(-c2noc(C(F)(F)F)n2)cc1. The van der Waals surface area contributed by atoms with E-state index in [4.69, 9.17) is 4.84 Å². The van der Waals surface area contributed by atoms with Crippen LogP contribution in [0.5, 0.6) is 0 Å². The molecule has 1 unspecified atom stereocenters. The summed E-state index contributed by atoms with van der Waals surface area (Å²) in [5.41, 5.74) is 0.950. The fraction of sp³-hybridized carbons (Fsp3) is 0.238. The van der Waals surface area contributed by atoms with E-state index in [0.717, 1.165) is 0 Å². The number of amides is 1. The predicted molar refractivity (Wildman–Crippen MR) is 106 cm³/mol. The summed E-state index contributed by atoms with van der Waals surface area (Å²) in [6.07, 6.45) is -3.24. The standard InChI is InChI=1S/C21H18F4N4O3/c1-13(11-27-31-12-16-4-2-3-5-17(16)22)10-26-19(30)15-8-6-14(7-9-15)18-28-20(32-29-18)21(23,24)25/h2-9,11,13H,10,12H2,1H3,(H,26,30)/b27-11+. The summed E-state index contributed by atoms with van der Waals surface area (Å²) in [6, 6.07) is 11.9. The van der Waals surface area contributed by atoms with Crippen LogP contribution < -0.4 is 5.32 Å². The molecule has 3 aromatic rings. The molecule has 1 N–H and O–H groups in total. The Labute approximate surface area is 180 Å². The predicted octanol–water partition coefficient (Wildman–Crippen LogP) is 4.46. The Hall–Kier alpha value is -3.76. The maximum Gasteiger partial charge on any atom is 0.471 e. The van der Waals surface area contributed by atoms with Crippen molar-refractivity contribution in [2.24, 2.45) is 11.1 Å². The number of rotatable bonds is 8. The van der Waals surface area contributed by atoms with Gasteiger partial charge in [0.2, 0.25) is 5.82 Å². The van der Waals surface area contributed by atoms with E-state index < -0.39 is 12.1 Å². The van der Waals surface area contributed by atoms with Gasteiger partial charge in [-0.2, -0.15) is 18.2 Å². The third kappa shape index (κ3) is 6.13. The first kappa shape index (κ1) is 22.9. The zero-order chi connectivity index (χ0) is 23.1. The fourth-order valence-corrected chi connectivity index (χ4v) is 2.50. The van der Waals surface area contributed by atoms with Crippen molar-refractivity contribution in [3.63, 3.8) is 0 Å². The molecule has 0 saturated heterocycles. The van der Waals surface area contributed by atoms with Crippen molar-refractivity contribution in [2.75, 3.05) is 6.54 Å². The number of oxime groups is 1. The lowest BCUT2D eigenvalue weighted by atomic mass is 10.1. The quantitative estimate of drug-likeness (QED) is 0.311. The summed E-state index contributed by atoms with van der Waals surface area (Å²) in [7, 11) is 0. The lowest BCUT2D eigenvalue weighted by Gasteiger charge is -2.08. The monoisotopic (exact) mass is 450 g/mol. The second-order valence-corrected chi connectivity index (χ2v) is 6.80. The fourth-order valence-electron chi connectivity index (χ4n) is 2.50. The third-order valence-electron chi connectivity index (χ3n) is 4.23. The molecule has 1 heterocycles. The van der Waals surface area contributed by atoms with Gasteiger partial charge in [0.25, 0.3) is 5.91 Å². The number of hydrogen-bond donors (Lipinski definition) is 1. The highest BCUT2D eigenvalue weighted by atomic mass is 19.4. The van der Waals surface area contributed by atoms with Crippen molar-refractivity contribution in [1.29, 1.82) is 0 Å². The van der Waals surface area contributed by atoms with Crippen molar-refractivity contribution >= 4 is 12.1 Å². The van der Waals surface area contributed by atoms with Gasteiger partial charge in [-0.15, -0.1) is 0 Å². The molecule has 0 aliphatic carbocycles. The Morgan fingerprint density at radius 2 is 1.94 bits per heavy atom. The van der Waals surface area contributed by atoms with Gasteiger partial charge in [0, 0.05) is 35.4 Å². The summed E-state index contributed by atoms with van der Waals surface area (Å²) in [5.74, 6) is -2.60. The average molecular weight is 450 g/mol. The Kier molecular flexibility index (Phi) is 7.18. The average Bonchev–Trinajstić information content (AvgIpc) is 3.27. The highest BCUT2D eigenvalue weighted by molar-refractivity contribution is 5.94. The van der Waals surface area contributed by atoms with Crippen LogP contribution in [0, 0.1) is 11.7 Å². The lowest BCUT2D eigenvalue weighted by Crippen LogP contribution is -2.28. The molecule has 0 aliphatic heterocycles. The first-order valence-corrected chi connectivity index (χ1v) is 9.42. The summed E-state index contributed by atoms with van der Waals surface area (Å²) in [6.45, 7) is 2.04. The normalized spacial score (nSPS) is 12.7. The Morgan fingerprint density at radius 3 is 2.59 bits per heavy atom. The van der Waals surface area contributed by atoms with E-state index in [1.54, 1.807) is 25.1 Å². The second kappa shape index (κ2) is 10.0. The molecule has 3 rings (SSSR count). The van der Waals surface area contributed by atoms with E-state index in [0.29, 0.717) is 11.1 Å². The van der Waals surface area contributed by atoms with E-state index >= 15 is 0 Å². The van der Waals surface area contributed by atoms with Crippen LogP contribution in [0.1, 0.15) is 28.7 Å². The van der Waals surface area contributed by atoms with Crippen LogP contribution in [0.25, 0.3) is 11.4 Å². The molecule has 7 nitrogen and oxygen atoms in total. The van der Waals surface area contributed by atoms with Crippen LogP contribution >= 0.6 is 0 Å². The second-order valence-electron chi connectivity index (χ2n) is 6.80. The lowest BCUT2D eigenvalue weighted by molar-refractivity contribution is -0.159. The van der Waals surface area contributed by atoms with Crippen molar-refractivity contribution < 1.29 is 31.7 Å². The van der Waals surface area contributed by atoms with Crippen LogP contribution in [0.2, 0.25) is 0 Å². The number of alkyl halides is 3. The first-order valence-electron chi connectivity index (χ1n) is 9.42. The van der Waals surface area contributed by atoms with Gasteiger partial charge in [0.15, 0.2) is 0 Å². The molecule has 0 fully saturated rings. The zero-order valence-electron chi connectivity index (χ0n) is 16.8. The van der Waals surface area contributed by atoms with E-state index in [1.165, 1.54) is 36.5 Å². The molecule has 0 saturated carbocycles. The largest absolute Gasteiger partial charge is 0.471 e. The van der Waals surface area contributed by atoms with Crippen molar-refractivity contribution in [2.45, 2.75) is 19.7 Å². The van der Waals surface area contributed by atoms with Crippen LogP contribution in [-0.4, -0.2) is 28.8 Å². The van der Waals surface area contributed by atoms with Crippen LogP contribution in [0.3, 0.4) is 0 Å². The molecule has 0 spiro atoms. The number of benzene rings is 2. The Morgan fingerprint density at radius 1 is 1.22 bits per heavy atom. The molecular weight excluding hydrogens is 432 g/mol. The van der Waals surface area contributed by atoms with Crippen LogP contribution in [-0.2, 0) is 17.6 Å². The molecule has 2 aromatic carbocycles. The van der Waals surface area contributed by atoms with E-state index in [-0.39, 0.29) is 42.2 Å². The van der Waals surface area contributed by atoms with Gasteiger partial charge < -0.3 is 14.7 Å². The molecule has 0 aliphatic rings. The molecule has 11 heteroatoms. The maximum absolute atomic E-state index is 13.5. The Bertz CT molecular complexity index is 1080. The minimum Gasteiger partial charge on any atom is -0.391 e. The molecule has 1 amide bonds. The van der Waals surface area contributed by atoms with Gasteiger partial charge in [-0.25, -0.2) is 4.39 Å². The topological polar surface area (TPSA) is 89.6 Å². The van der Waals surface area contributed by atoms with Gasteiger partial charge in [-0.1, -0.05) is 47.6 Å². The van der Waals surface area contributed by atoms with Gasteiger partial charge in [0.05, 0.1) is 0 Å². The number of carbonyl (C=O) groups is 1. The molecule has 168 valence electrons. The molecule has 1 atom stereocenters. The van der Waals surface area contributed by atoms with Crippen molar-refractivity contribution in [1.82, 2.24) is 15.5 Å². The number of halogens is 4. The summed E-state index contributed by atoms with van der Waals surface area (Å²) in [5, 5.41) is 9.78. The van der Waals surface area contributed by atoms with Crippen LogP contribution in [0.15, 0.2) is 58.2 Å². The number of aromatic nitrogens is 2. The number of carbonyl (C=O) groups excluding carboxylic acids is 1. The van der Waals surface area contributed by atoms with Gasteiger partial charge in [-0.05, 0) is 18.2 Å².